The normalized spacial score (nSPS) is 17.9. The fourth-order valence-electron chi connectivity index (χ4n) is 2.09. The van der Waals surface area contributed by atoms with Gasteiger partial charge in [-0.1, -0.05) is 6.92 Å². The summed E-state index contributed by atoms with van der Waals surface area (Å²) in [7, 11) is -1.60. The quantitative estimate of drug-likeness (QED) is 0.809. The van der Waals surface area contributed by atoms with Crippen LogP contribution in [-0.4, -0.2) is 19.5 Å². The summed E-state index contributed by atoms with van der Waals surface area (Å²) in [5.74, 6) is 0. The summed E-state index contributed by atoms with van der Waals surface area (Å²) in [6, 6.07) is 1.63. The van der Waals surface area contributed by atoms with Crippen molar-refractivity contribution < 1.29 is 8.42 Å². The number of nitrogens with two attached hydrogens (primary N) is 1. The van der Waals surface area contributed by atoms with E-state index in [0.29, 0.717) is 18.0 Å². The zero-order chi connectivity index (χ0) is 13.4. The van der Waals surface area contributed by atoms with Gasteiger partial charge in [0.2, 0.25) is 10.0 Å². The Morgan fingerprint density at radius 2 is 2.17 bits per heavy atom. The number of nitrogens with zero attached hydrogens (tertiary/aromatic N) is 1. The minimum Gasteiger partial charge on any atom is -0.352 e. The van der Waals surface area contributed by atoms with Crippen LogP contribution in [0.15, 0.2) is 17.2 Å². The molecule has 0 radical (unpaired) electrons. The van der Waals surface area contributed by atoms with Gasteiger partial charge < -0.3 is 10.3 Å². The Morgan fingerprint density at radius 3 is 2.61 bits per heavy atom. The molecule has 1 aromatic heterocycles. The van der Waals surface area contributed by atoms with Crippen molar-refractivity contribution in [2.24, 2.45) is 18.2 Å². The van der Waals surface area contributed by atoms with Crippen LogP contribution in [-0.2, 0) is 23.6 Å². The summed E-state index contributed by atoms with van der Waals surface area (Å²) in [4.78, 5) is 0.303. The Hall–Kier alpha value is -0.850. The van der Waals surface area contributed by atoms with Crippen molar-refractivity contribution in [3.63, 3.8) is 0 Å². The molecule has 1 fully saturated rings. The molecular formula is C12H21N3O2S. The van der Waals surface area contributed by atoms with Crippen LogP contribution >= 0.6 is 0 Å². The molecule has 6 heteroatoms. The standard InChI is InChI=1S/C12H21N3O2S/c1-3-12(4-5-12)9-14-18(16,17)11-6-10(7-13)15(2)8-11/h6,8,14H,3-5,7,9,13H2,1-2H3. The van der Waals surface area contributed by atoms with E-state index >= 15 is 0 Å². The van der Waals surface area contributed by atoms with E-state index in [1.165, 1.54) is 0 Å². The molecule has 1 heterocycles. The predicted octanol–water partition coefficient (Wildman–Crippen LogP) is 0.952. The Kier molecular flexibility index (Phi) is 3.53. The summed E-state index contributed by atoms with van der Waals surface area (Å²) in [6.45, 7) is 2.99. The maximum atomic E-state index is 12.1. The van der Waals surface area contributed by atoms with Crippen LogP contribution in [0.3, 0.4) is 0 Å². The van der Waals surface area contributed by atoms with Crippen LogP contribution in [0.5, 0.6) is 0 Å². The number of hydrogen-bond donors (Lipinski definition) is 2. The van der Waals surface area contributed by atoms with Gasteiger partial charge in [-0.15, -0.1) is 0 Å². The Balaban J connectivity index is 2.10. The monoisotopic (exact) mass is 271 g/mol. The Bertz CT molecular complexity index is 530. The molecule has 5 nitrogen and oxygen atoms in total. The second-order valence-corrected chi connectivity index (χ2v) is 6.93. The van der Waals surface area contributed by atoms with E-state index in [-0.39, 0.29) is 5.41 Å². The van der Waals surface area contributed by atoms with Crippen LogP contribution < -0.4 is 10.5 Å². The van der Waals surface area contributed by atoms with Gasteiger partial charge in [0, 0.05) is 32.0 Å². The number of hydrogen-bond acceptors (Lipinski definition) is 3. The van der Waals surface area contributed by atoms with Gasteiger partial charge >= 0.3 is 0 Å². The van der Waals surface area contributed by atoms with Gasteiger partial charge in [0.05, 0.1) is 4.90 Å². The first-order valence-corrected chi connectivity index (χ1v) is 7.76. The summed E-state index contributed by atoms with van der Waals surface area (Å²) in [5.41, 5.74) is 6.56. The van der Waals surface area contributed by atoms with E-state index in [2.05, 4.69) is 11.6 Å². The second-order valence-electron chi connectivity index (χ2n) is 5.16. The maximum Gasteiger partial charge on any atom is 0.242 e. The molecular weight excluding hydrogens is 250 g/mol. The number of sulfonamides is 1. The topological polar surface area (TPSA) is 77.1 Å². The molecule has 3 N–H and O–H groups in total. The second kappa shape index (κ2) is 4.68. The van der Waals surface area contributed by atoms with Gasteiger partial charge in [0.25, 0.3) is 0 Å². The Labute approximate surface area is 108 Å². The molecule has 1 aliphatic rings. The molecule has 0 aliphatic heterocycles. The maximum absolute atomic E-state index is 12.1. The number of aromatic nitrogens is 1. The zero-order valence-corrected chi connectivity index (χ0v) is 11.8. The average molecular weight is 271 g/mol. The lowest BCUT2D eigenvalue weighted by Gasteiger charge is -2.12. The van der Waals surface area contributed by atoms with Crippen LogP contribution in [0.25, 0.3) is 0 Å². The van der Waals surface area contributed by atoms with E-state index in [1.54, 1.807) is 23.9 Å². The molecule has 1 saturated carbocycles. The molecule has 0 bridgehead atoms. The molecule has 2 rings (SSSR count). The molecule has 0 spiro atoms. The number of nitrogens with one attached hydrogen (secondary N) is 1. The summed E-state index contributed by atoms with van der Waals surface area (Å²) < 4.78 is 28.7. The molecule has 1 aliphatic carbocycles. The fourth-order valence-corrected chi connectivity index (χ4v) is 3.34. The Morgan fingerprint density at radius 1 is 1.50 bits per heavy atom. The largest absolute Gasteiger partial charge is 0.352 e. The number of aryl methyl sites for hydroxylation is 1. The molecule has 0 amide bonds. The molecule has 0 unspecified atom stereocenters. The van der Waals surface area contributed by atoms with Crippen LogP contribution in [0.1, 0.15) is 31.9 Å². The highest BCUT2D eigenvalue weighted by Gasteiger charge is 2.41. The van der Waals surface area contributed by atoms with Crippen molar-refractivity contribution in [2.75, 3.05) is 6.54 Å². The predicted molar refractivity (Wildman–Crippen MR) is 70.5 cm³/mol. The van der Waals surface area contributed by atoms with E-state index in [9.17, 15) is 8.42 Å². The molecule has 0 atom stereocenters. The molecule has 1 aromatic rings. The first-order valence-electron chi connectivity index (χ1n) is 6.27. The van der Waals surface area contributed by atoms with Crippen molar-refractivity contribution >= 4 is 10.0 Å². The lowest BCUT2D eigenvalue weighted by atomic mass is 10.1. The highest BCUT2D eigenvalue weighted by atomic mass is 32.2. The van der Waals surface area contributed by atoms with E-state index < -0.39 is 10.0 Å². The van der Waals surface area contributed by atoms with Gasteiger partial charge in [-0.05, 0) is 30.7 Å². The molecule has 0 saturated heterocycles. The minimum atomic E-state index is -3.40. The zero-order valence-electron chi connectivity index (χ0n) is 10.9. The summed E-state index contributed by atoms with van der Waals surface area (Å²) in [6.07, 6.45) is 4.87. The van der Waals surface area contributed by atoms with E-state index in [1.807, 2.05) is 0 Å². The minimum absolute atomic E-state index is 0.207. The SMILES string of the molecule is CCC1(CNS(=O)(=O)c2cc(CN)n(C)c2)CC1. The van der Waals surface area contributed by atoms with Crippen LogP contribution in [0, 0.1) is 5.41 Å². The first-order chi connectivity index (χ1) is 8.42. The van der Waals surface area contributed by atoms with Crippen molar-refractivity contribution in [1.29, 1.82) is 0 Å². The van der Waals surface area contributed by atoms with E-state index in [0.717, 1.165) is 25.0 Å². The van der Waals surface area contributed by atoms with Gasteiger partial charge in [0.15, 0.2) is 0 Å². The van der Waals surface area contributed by atoms with Gasteiger partial charge in [0.1, 0.15) is 0 Å². The van der Waals surface area contributed by atoms with Gasteiger partial charge in [-0.3, -0.25) is 0 Å². The summed E-state index contributed by atoms with van der Waals surface area (Å²) in [5, 5.41) is 0. The highest BCUT2D eigenvalue weighted by molar-refractivity contribution is 7.89. The smallest absolute Gasteiger partial charge is 0.242 e. The van der Waals surface area contributed by atoms with Crippen LogP contribution in [0.2, 0.25) is 0 Å². The highest BCUT2D eigenvalue weighted by Crippen LogP contribution is 2.48. The van der Waals surface area contributed by atoms with E-state index in [4.69, 9.17) is 5.73 Å². The number of rotatable bonds is 6. The summed E-state index contributed by atoms with van der Waals surface area (Å²) >= 11 is 0. The van der Waals surface area contributed by atoms with Gasteiger partial charge in [-0.2, -0.15) is 0 Å². The van der Waals surface area contributed by atoms with Gasteiger partial charge in [-0.25, -0.2) is 13.1 Å². The molecule has 18 heavy (non-hydrogen) atoms. The fraction of sp³-hybridized carbons (Fsp3) is 0.667. The van der Waals surface area contributed by atoms with Crippen molar-refractivity contribution in [3.8, 4) is 0 Å². The first kappa shape index (κ1) is 13.6. The lowest BCUT2D eigenvalue weighted by molar-refractivity contribution is 0.475. The van der Waals surface area contributed by atoms with Crippen molar-refractivity contribution in [2.45, 2.75) is 37.6 Å². The average Bonchev–Trinajstić information content (AvgIpc) is 3.03. The lowest BCUT2D eigenvalue weighted by Crippen LogP contribution is -2.29. The van der Waals surface area contributed by atoms with Crippen molar-refractivity contribution in [1.82, 2.24) is 9.29 Å². The van der Waals surface area contributed by atoms with Crippen LogP contribution in [0.4, 0.5) is 0 Å². The third-order valence-corrected chi connectivity index (χ3v) is 5.31. The van der Waals surface area contributed by atoms with Crippen molar-refractivity contribution in [3.05, 3.63) is 18.0 Å². The molecule has 0 aromatic carbocycles. The third kappa shape index (κ3) is 2.60. The molecule has 102 valence electrons. The third-order valence-electron chi connectivity index (χ3n) is 3.95.